The van der Waals surface area contributed by atoms with Gasteiger partial charge in [0, 0.05) is 3.57 Å². The summed E-state index contributed by atoms with van der Waals surface area (Å²) < 4.78 is 37.0. The summed E-state index contributed by atoms with van der Waals surface area (Å²) in [5.74, 6) is -0.0117. The van der Waals surface area contributed by atoms with Crippen LogP contribution in [-0.2, 0) is 12.1 Å². The van der Waals surface area contributed by atoms with E-state index in [1.54, 1.807) is 0 Å². The van der Waals surface area contributed by atoms with Crippen LogP contribution in [-0.4, -0.2) is 4.98 Å². The Balaban J connectivity index is 3.14. The molecular formula is C7H4ClF3IN. The Labute approximate surface area is 91.4 Å². The molecule has 1 aromatic heterocycles. The van der Waals surface area contributed by atoms with Crippen LogP contribution >= 0.6 is 34.2 Å². The molecule has 0 amide bonds. The summed E-state index contributed by atoms with van der Waals surface area (Å²) in [6.07, 6.45) is -4.40. The van der Waals surface area contributed by atoms with E-state index in [9.17, 15) is 13.2 Å². The summed E-state index contributed by atoms with van der Waals surface area (Å²) in [5, 5.41) is 0. The Morgan fingerprint density at radius 3 is 2.46 bits per heavy atom. The highest BCUT2D eigenvalue weighted by Gasteiger charge is 2.32. The Hall–Kier alpha value is -0.0400. The molecule has 0 aliphatic heterocycles. The monoisotopic (exact) mass is 321 g/mol. The molecule has 0 bridgehead atoms. The van der Waals surface area contributed by atoms with Crippen LogP contribution in [0.25, 0.3) is 0 Å². The topological polar surface area (TPSA) is 12.9 Å². The van der Waals surface area contributed by atoms with Crippen LogP contribution in [0.5, 0.6) is 0 Å². The lowest BCUT2D eigenvalue weighted by molar-refractivity contribution is -0.141. The highest BCUT2D eigenvalue weighted by molar-refractivity contribution is 14.1. The van der Waals surface area contributed by atoms with Crippen LogP contribution in [0.1, 0.15) is 11.4 Å². The number of hydrogen-bond acceptors (Lipinski definition) is 1. The van der Waals surface area contributed by atoms with Crippen molar-refractivity contribution < 1.29 is 13.2 Å². The molecule has 6 heteroatoms. The van der Waals surface area contributed by atoms with E-state index >= 15 is 0 Å². The summed E-state index contributed by atoms with van der Waals surface area (Å²) >= 11 is 7.31. The number of hydrogen-bond donors (Lipinski definition) is 0. The first-order chi connectivity index (χ1) is 5.95. The van der Waals surface area contributed by atoms with Crippen molar-refractivity contribution in [3.05, 3.63) is 27.1 Å². The second-order valence-corrected chi connectivity index (χ2v) is 3.69. The Bertz CT molecular complexity index is 313. The van der Waals surface area contributed by atoms with E-state index in [2.05, 4.69) is 4.98 Å². The minimum Gasteiger partial charge on any atom is -0.246 e. The average molecular weight is 321 g/mol. The molecular weight excluding hydrogens is 317 g/mol. The summed E-state index contributed by atoms with van der Waals surface area (Å²) in [5.41, 5.74) is -0.638. The maximum Gasteiger partial charge on any atom is 0.433 e. The number of halogens is 5. The maximum absolute atomic E-state index is 12.1. The molecule has 1 heterocycles. The first kappa shape index (κ1) is 11.0. The summed E-state index contributed by atoms with van der Waals surface area (Å²) in [6.45, 7) is 0. The number of nitrogens with zero attached hydrogens (tertiary/aromatic N) is 1. The first-order valence-electron chi connectivity index (χ1n) is 3.23. The molecule has 0 N–H and O–H groups in total. The molecule has 0 spiro atoms. The zero-order chi connectivity index (χ0) is 10.1. The Morgan fingerprint density at radius 2 is 2.00 bits per heavy atom. The fourth-order valence-electron chi connectivity index (χ4n) is 0.736. The smallest absolute Gasteiger partial charge is 0.246 e. The molecule has 0 saturated carbocycles. The minimum absolute atomic E-state index is 0.0117. The Kier molecular flexibility index (Phi) is 3.39. The SMILES string of the molecule is FC(F)(F)c1ccc(I)c(CCl)n1. The standard InChI is InChI=1S/C7H4ClF3IN/c8-3-5-4(12)1-2-6(13-5)7(9,10)11/h1-2H,3H2. The van der Waals surface area contributed by atoms with E-state index in [1.807, 2.05) is 22.6 Å². The van der Waals surface area contributed by atoms with E-state index in [1.165, 1.54) is 6.07 Å². The summed E-state index contributed by atoms with van der Waals surface area (Å²) in [4.78, 5) is 3.40. The molecule has 0 fully saturated rings. The van der Waals surface area contributed by atoms with E-state index < -0.39 is 11.9 Å². The zero-order valence-electron chi connectivity index (χ0n) is 6.20. The lowest BCUT2D eigenvalue weighted by Crippen LogP contribution is -2.09. The Morgan fingerprint density at radius 1 is 1.38 bits per heavy atom. The second kappa shape index (κ2) is 4.00. The van der Waals surface area contributed by atoms with Crippen molar-refractivity contribution in [3.63, 3.8) is 0 Å². The summed E-state index contributed by atoms with van der Waals surface area (Å²) in [7, 11) is 0. The number of aromatic nitrogens is 1. The predicted molar refractivity (Wildman–Crippen MR) is 51.5 cm³/mol. The molecule has 0 unspecified atom stereocenters. The van der Waals surface area contributed by atoms with Gasteiger partial charge in [-0.25, -0.2) is 4.98 Å². The third-order valence-electron chi connectivity index (χ3n) is 1.34. The zero-order valence-corrected chi connectivity index (χ0v) is 9.11. The molecule has 0 radical (unpaired) electrons. The van der Waals surface area contributed by atoms with Crippen molar-refractivity contribution in [2.24, 2.45) is 0 Å². The van der Waals surface area contributed by atoms with Gasteiger partial charge in [0.15, 0.2) is 0 Å². The van der Waals surface area contributed by atoms with Crippen LogP contribution < -0.4 is 0 Å². The third kappa shape index (κ3) is 2.70. The van der Waals surface area contributed by atoms with Gasteiger partial charge in [-0.15, -0.1) is 11.6 Å². The van der Waals surface area contributed by atoms with E-state index in [-0.39, 0.29) is 11.6 Å². The van der Waals surface area contributed by atoms with Crippen molar-refractivity contribution in [2.75, 3.05) is 0 Å². The van der Waals surface area contributed by atoms with Crippen molar-refractivity contribution in [3.8, 4) is 0 Å². The van der Waals surface area contributed by atoms with Crippen LogP contribution in [0.15, 0.2) is 12.1 Å². The fourth-order valence-corrected chi connectivity index (χ4v) is 1.66. The largest absolute Gasteiger partial charge is 0.433 e. The van der Waals surface area contributed by atoms with Crippen molar-refractivity contribution in [1.82, 2.24) is 4.98 Å². The van der Waals surface area contributed by atoms with Gasteiger partial charge < -0.3 is 0 Å². The first-order valence-corrected chi connectivity index (χ1v) is 4.85. The predicted octanol–water partition coefficient (Wildman–Crippen LogP) is 3.44. The van der Waals surface area contributed by atoms with Gasteiger partial charge in [0.2, 0.25) is 0 Å². The van der Waals surface area contributed by atoms with E-state index in [0.29, 0.717) is 3.57 Å². The van der Waals surface area contributed by atoms with Crippen molar-refractivity contribution in [2.45, 2.75) is 12.1 Å². The van der Waals surface area contributed by atoms with Crippen molar-refractivity contribution in [1.29, 1.82) is 0 Å². The quantitative estimate of drug-likeness (QED) is 0.570. The van der Waals surface area contributed by atoms with Gasteiger partial charge in [0.1, 0.15) is 5.69 Å². The van der Waals surface area contributed by atoms with Crippen LogP contribution in [0.4, 0.5) is 13.2 Å². The lowest BCUT2D eigenvalue weighted by Gasteiger charge is -2.07. The molecule has 0 aliphatic rings. The van der Waals surface area contributed by atoms with E-state index in [0.717, 1.165) is 6.07 Å². The fraction of sp³-hybridized carbons (Fsp3) is 0.286. The van der Waals surface area contributed by atoms with Gasteiger partial charge in [0.05, 0.1) is 11.6 Å². The number of pyridine rings is 1. The highest BCUT2D eigenvalue weighted by Crippen LogP contribution is 2.28. The van der Waals surface area contributed by atoms with Gasteiger partial charge in [-0.1, -0.05) is 0 Å². The molecule has 13 heavy (non-hydrogen) atoms. The van der Waals surface area contributed by atoms with E-state index in [4.69, 9.17) is 11.6 Å². The molecule has 0 aliphatic carbocycles. The van der Waals surface area contributed by atoms with Gasteiger partial charge in [0.25, 0.3) is 0 Å². The molecule has 0 atom stereocenters. The molecule has 1 rings (SSSR count). The van der Waals surface area contributed by atoms with Gasteiger partial charge in [-0.2, -0.15) is 13.2 Å². The highest BCUT2D eigenvalue weighted by atomic mass is 127. The van der Waals surface area contributed by atoms with Gasteiger partial charge >= 0.3 is 6.18 Å². The normalized spacial score (nSPS) is 11.8. The molecule has 1 aromatic rings. The third-order valence-corrected chi connectivity index (χ3v) is 2.57. The minimum atomic E-state index is -4.40. The number of rotatable bonds is 1. The molecule has 0 aromatic carbocycles. The molecule has 72 valence electrons. The number of alkyl halides is 4. The molecule has 0 saturated heterocycles. The van der Waals surface area contributed by atoms with Crippen LogP contribution in [0.3, 0.4) is 0 Å². The summed E-state index contributed by atoms with van der Waals surface area (Å²) in [6, 6.07) is 2.30. The molecule has 1 nitrogen and oxygen atoms in total. The van der Waals surface area contributed by atoms with Crippen LogP contribution in [0, 0.1) is 3.57 Å². The average Bonchev–Trinajstić information content (AvgIpc) is 2.03. The van der Waals surface area contributed by atoms with Gasteiger partial charge in [-0.3, -0.25) is 0 Å². The van der Waals surface area contributed by atoms with Crippen LogP contribution in [0.2, 0.25) is 0 Å². The second-order valence-electron chi connectivity index (χ2n) is 2.26. The van der Waals surface area contributed by atoms with Crippen molar-refractivity contribution >= 4 is 34.2 Å². The lowest BCUT2D eigenvalue weighted by atomic mass is 10.3. The van der Waals surface area contributed by atoms with Gasteiger partial charge in [-0.05, 0) is 34.7 Å². The maximum atomic E-state index is 12.1.